The number of halogens is 5. The number of rotatable bonds is 8. The first-order valence-electron chi connectivity index (χ1n) is 10.6. The molecule has 4 rings (SSSR count). The SMILES string of the molecule is Cc1cccc(Oc2cc(NC(=O)c3ccc(COc4c(F)c(F)c(F)c(F)c4F)o3)cc([N+](=O)[O-])c2)c1. The lowest BCUT2D eigenvalue weighted by atomic mass is 10.2. The molecular formula is C25H15F5N2O6. The maximum Gasteiger partial charge on any atom is 0.291 e. The molecule has 3 aromatic carbocycles. The predicted molar refractivity (Wildman–Crippen MR) is 122 cm³/mol. The number of aryl methyl sites for hydroxylation is 1. The number of anilines is 1. The number of nitro benzene ring substituents is 1. The summed E-state index contributed by atoms with van der Waals surface area (Å²) in [6.45, 7) is 1.05. The highest BCUT2D eigenvalue weighted by atomic mass is 19.2. The second-order valence-corrected chi connectivity index (χ2v) is 7.80. The van der Waals surface area contributed by atoms with E-state index in [4.69, 9.17) is 13.9 Å². The average Bonchev–Trinajstić information content (AvgIpc) is 3.35. The molecule has 0 aliphatic carbocycles. The summed E-state index contributed by atoms with van der Waals surface area (Å²) in [5, 5.41) is 13.8. The van der Waals surface area contributed by atoms with Gasteiger partial charge in [0.05, 0.1) is 16.7 Å². The first-order valence-corrected chi connectivity index (χ1v) is 10.6. The van der Waals surface area contributed by atoms with E-state index in [1.165, 1.54) is 18.2 Å². The van der Waals surface area contributed by atoms with E-state index in [1.54, 1.807) is 18.2 Å². The molecule has 0 radical (unpaired) electrons. The molecule has 0 saturated heterocycles. The standard InChI is InChI=1S/C25H15F5N2O6/c1-12-3-2-4-15(7-12)37-17-9-13(8-14(10-17)32(34)35)31-25(33)18-6-5-16(38-18)11-36-24-22(29)20(27)19(26)21(28)23(24)30/h2-10H,11H2,1H3,(H,31,33). The third-order valence-corrected chi connectivity index (χ3v) is 5.00. The minimum Gasteiger partial charge on any atom is -0.479 e. The molecule has 0 atom stereocenters. The number of nitro groups is 1. The molecule has 0 bridgehead atoms. The van der Waals surface area contributed by atoms with Crippen molar-refractivity contribution in [1.29, 1.82) is 0 Å². The fourth-order valence-electron chi connectivity index (χ4n) is 3.26. The summed E-state index contributed by atoms with van der Waals surface area (Å²) in [4.78, 5) is 23.3. The Balaban J connectivity index is 1.49. The van der Waals surface area contributed by atoms with E-state index < -0.39 is 52.3 Å². The zero-order chi connectivity index (χ0) is 27.6. The first kappa shape index (κ1) is 26.1. The number of hydrogen-bond acceptors (Lipinski definition) is 6. The van der Waals surface area contributed by atoms with E-state index in [2.05, 4.69) is 5.32 Å². The van der Waals surface area contributed by atoms with Gasteiger partial charge in [-0.05, 0) is 36.8 Å². The van der Waals surface area contributed by atoms with Crippen molar-refractivity contribution in [2.75, 3.05) is 5.32 Å². The number of furan rings is 1. The number of nitrogens with zero attached hydrogens (tertiary/aromatic N) is 1. The zero-order valence-electron chi connectivity index (χ0n) is 19.2. The van der Waals surface area contributed by atoms with E-state index in [1.807, 2.05) is 13.0 Å². The molecule has 0 aliphatic heterocycles. The van der Waals surface area contributed by atoms with Crippen LogP contribution >= 0.6 is 0 Å². The quantitative estimate of drug-likeness (QED) is 0.0875. The molecule has 1 N–H and O–H groups in total. The number of amides is 1. The fourth-order valence-corrected chi connectivity index (χ4v) is 3.26. The van der Waals surface area contributed by atoms with Crippen LogP contribution in [0.3, 0.4) is 0 Å². The summed E-state index contributed by atoms with van der Waals surface area (Å²) in [6.07, 6.45) is 0. The van der Waals surface area contributed by atoms with Crippen LogP contribution in [0.4, 0.5) is 33.3 Å². The van der Waals surface area contributed by atoms with Gasteiger partial charge in [-0.1, -0.05) is 12.1 Å². The second kappa shape index (κ2) is 10.6. The Bertz CT molecular complexity index is 1530. The van der Waals surface area contributed by atoms with E-state index in [0.29, 0.717) is 5.75 Å². The van der Waals surface area contributed by atoms with Gasteiger partial charge in [0.2, 0.25) is 29.1 Å². The third-order valence-electron chi connectivity index (χ3n) is 5.00. The van der Waals surface area contributed by atoms with Crippen molar-refractivity contribution in [3.63, 3.8) is 0 Å². The van der Waals surface area contributed by atoms with Crippen molar-refractivity contribution in [1.82, 2.24) is 0 Å². The smallest absolute Gasteiger partial charge is 0.291 e. The number of non-ortho nitro benzene ring substituents is 1. The van der Waals surface area contributed by atoms with Crippen molar-refractivity contribution in [2.24, 2.45) is 0 Å². The van der Waals surface area contributed by atoms with E-state index >= 15 is 0 Å². The van der Waals surface area contributed by atoms with Gasteiger partial charge in [-0.15, -0.1) is 0 Å². The third kappa shape index (κ3) is 5.56. The Kier molecular flexibility index (Phi) is 7.28. The molecule has 1 aromatic heterocycles. The second-order valence-electron chi connectivity index (χ2n) is 7.80. The van der Waals surface area contributed by atoms with Crippen LogP contribution in [0.15, 0.2) is 59.0 Å². The molecule has 0 spiro atoms. The number of nitrogens with one attached hydrogen (secondary N) is 1. The van der Waals surface area contributed by atoms with Gasteiger partial charge in [-0.25, -0.2) is 13.2 Å². The summed E-state index contributed by atoms with van der Waals surface area (Å²) < 4.78 is 82.9. The van der Waals surface area contributed by atoms with Crippen molar-refractivity contribution >= 4 is 17.3 Å². The molecule has 1 heterocycles. The number of hydrogen-bond donors (Lipinski definition) is 1. The Labute approximate surface area is 210 Å². The van der Waals surface area contributed by atoms with Crippen LogP contribution in [0.1, 0.15) is 21.9 Å². The highest BCUT2D eigenvalue weighted by Crippen LogP contribution is 2.31. The Morgan fingerprint density at radius 2 is 1.61 bits per heavy atom. The highest BCUT2D eigenvalue weighted by molar-refractivity contribution is 6.02. The fraction of sp³-hybridized carbons (Fsp3) is 0.0800. The molecule has 0 saturated carbocycles. The van der Waals surface area contributed by atoms with Gasteiger partial charge in [0.1, 0.15) is 23.9 Å². The average molecular weight is 534 g/mol. The van der Waals surface area contributed by atoms with Crippen LogP contribution in [0.2, 0.25) is 0 Å². The van der Waals surface area contributed by atoms with Gasteiger partial charge in [-0.2, -0.15) is 8.78 Å². The van der Waals surface area contributed by atoms with Crippen LogP contribution in [0, 0.1) is 46.1 Å². The van der Waals surface area contributed by atoms with Crippen LogP contribution in [0.25, 0.3) is 0 Å². The molecule has 1 amide bonds. The van der Waals surface area contributed by atoms with Crippen molar-refractivity contribution in [2.45, 2.75) is 13.5 Å². The molecule has 8 nitrogen and oxygen atoms in total. The van der Waals surface area contributed by atoms with Crippen molar-refractivity contribution in [3.8, 4) is 17.2 Å². The van der Waals surface area contributed by atoms with Crippen molar-refractivity contribution < 1.29 is 45.6 Å². The van der Waals surface area contributed by atoms with E-state index in [-0.39, 0.29) is 28.6 Å². The molecule has 0 unspecified atom stereocenters. The van der Waals surface area contributed by atoms with Gasteiger partial charge < -0.3 is 19.2 Å². The van der Waals surface area contributed by atoms with E-state index in [9.17, 15) is 36.9 Å². The summed E-state index contributed by atoms with van der Waals surface area (Å²) in [5.41, 5.74) is 0.503. The van der Waals surface area contributed by atoms with Crippen LogP contribution in [0.5, 0.6) is 17.2 Å². The number of carbonyl (C=O) groups excluding carboxylic acids is 1. The van der Waals surface area contributed by atoms with Crippen LogP contribution in [-0.4, -0.2) is 10.8 Å². The molecule has 0 fully saturated rings. The van der Waals surface area contributed by atoms with Gasteiger partial charge >= 0.3 is 0 Å². The van der Waals surface area contributed by atoms with Crippen LogP contribution in [-0.2, 0) is 6.61 Å². The minimum atomic E-state index is -2.34. The van der Waals surface area contributed by atoms with Gasteiger partial charge in [0, 0.05) is 12.1 Å². The normalized spacial score (nSPS) is 10.8. The molecule has 38 heavy (non-hydrogen) atoms. The number of benzene rings is 3. The largest absolute Gasteiger partial charge is 0.479 e. The lowest BCUT2D eigenvalue weighted by Gasteiger charge is -2.10. The Hall–Kier alpha value is -4.94. The highest BCUT2D eigenvalue weighted by Gasteiger charge is 2.27. The maximum absolute atomic E-state index is 13.8. The first-order chi connectivity index (χ1) is 18.0. The monoisotopic (exact) mass is 534 g/mol. The maximum atomic E-state index is 13.8. The molecule has 13 heteroatoms. The Morgan fingerprint density at radius 3 is 2.26 bits per heavy atom. The van der Waals surface area contributed by atoms with Crippen molar-refractivity contribution in [3.05, 3.63) is 111 Å². The summed E-state index contributed by atoms with van der Waals surface area (Å²) in [5.74, 6) is -13.5. The summed E-state index contributed by atoms with van der Waals surface area (Å²) >= 11 is 0. The van der Waals surface area contributed by atoms with Gasteiger partial charge in [0.25, 0.3) is 11.6 Å². The number of carbonyl (C=O) groups is 1. The summed E-state index contributed by atoms with van der Waals surface area (Å²) in [6, 6.07) is 12.8. The lowest BCUT2D eigenvalue weighted by Crippen LogP contribution is -2.11. The van der Waals surface area contributed by atoms with Crippen LogP contribution < -0.4 is 14.8 Å². The molecule has 196 valence electrons. The molecule has 0 aliphatic rings. The molecule has 4 aromatic rings. The van der Waals surface area contributed by atoms with Gasteiger partial charge in [0.15, 0.2) is 11.5 Å². The Morgan fingerprint density at radius 1 is 0.921 bits per heavy atom. The predicted octanol–water partition coefficient (Wildman–Crippen LogP) is 6.82. The lowest BCUT2D eigenvalue weighted by molar-refractivity contribution is -0.384. The minimum absolute atomic E-state index is 0.0116. The summed E-state index contributed by atoms with van der Waals surface area (Å²) in [7, 11) is 0. The van der Waals surface area contributed by atoms with Gasteiger partial charge in [-0.3, -0.25) is 14.9 Å². The topological polar surface area (TPSA) is 104 Å². The zero-order valence-corrected chi connectivity index (χ0v) is 19.2. The van der Waals surface area contributed by atoms with E-state index in [0.717, 1.165) is 17.7 Å². The molecular weight excluding hydrogens is 519 g/mol. The number of ether oxygens (including phenoxy) is 2.